The number of nitrogens with one attached hydrogen (secondary N) is 1. The molecule has 0 aliphatic carbocycles. The molecule has 2 aliphatic heterocycles. The van der Waals surface area contributed by atoms with Gasteiger partial charge in [0.2, 0.25) is 5.91 Å². The number of halogens is 1. The van der Waals surface area contributed by atoms with Crippen LogP contribution < -0.4 is 5.32 Å². The molecule has 0 bridgehead atoms. The fourth-order valence-corrected chi connectivity index (χ4v) is 5.76. The molecule has 1 aromatic carbocycles. The molecule has 1 aromatic heterocycles. The Bertz CT molecular complexity index is 1200. The summed E-state index contributed by atoms with van der Waals surface area (Å²) in [6.45, 7) is 1.79. The van der Waals surface area contributed by atoms with Crippen LogP contribution in [-0.2, 0) is 32.5 Å². The highest BCUT2D eigenvalue weighted by molar-refractivity contribution is 7.90. The molecule has 2 aliphatic rings. The highest BCUT2D eigenvalue weighted by Crippen LogP contribution is 2.26. The van der Waals surface area contributed by atoms with Crippen molar-refractivity contribution in [1.29, 1.82) is 0 Å². The molecule has 2 aromatic rings. The van der Waals surface area contributed by atoms with Gasteiger partial charge in [0, 0.05) is 43.9 Å². The normalized spacial score (nSPS) is 19.2. The summed E-state index contributed by atoms with van der Waals surface area (Å²) in [5, 5.41) is 2.65. The Morgan fingerprint density at radius 1 is 1.21 bits per heavy atom. The molecule has 0 radical (unpaired) electrons. The summed E-state index contributed by atoms with van der Waals surface area (Å²) < 4.78 is 24.1. The number of rotatable bonds is 7. The van der Waals surface area contributed by atoms with Crippen LogP contribution in [0, 0.1) is 0 Å². The number of hydrogen-bond donors (Lipinski definition) is 1. The zero-order valence-corrected chi connectivity index (χ0v) is 20.3. The predicted octanol–water partition coefficient (Wildman–Crippen LogP) is 1.57. The Labute approximate surface area is 200 Å². The van der Waals surface area contributed by atoms with E-state index in [2.05, 4.69) is 10.2 Å². The fraction of sp³-hybridized carbons (Fsp3) is 0.381. The second-order valence-electron chi connectivity index (χ2n) is 8.05. The second-order valence-corrected chi connectivity index (χ2v) is 11.9. The van der Waals surface area contributed by atoms with Crippen LogP contribution in [0.3, 0.4) is 0 Å². The lowest BCUT2D eigenvalue weighted by atomic mass is 10.2. The van der Waals surface area contributed by atoms with Crippen LogP contribution in [0.25, 0.3) is 0 Å². The van der Waals surface area contributed by atoms with Gasteiger partial charge < -0.3 is 10.2 Å². The lowest BCUT2D eigenvalue weighted by molar-refractivity contribution is -0.133. The van der Waals surface area contributed by atoms with Gasteiger partial charge in [-0.1, -0.05) is 23.7 Å². The number of urea groups is 1. The summed E-state index contributed by atoms with van der Waals surface area (Å²) in [5.41, 5.74) is 0.604. The summed E-state index contributed by atoms with van der Waals surface area (Å²) in [6, 6.07) is 8.96. The molecule has 0 spiro atoms. The molecular weight excluding hydrogens is 488 g/mol. The van der Waals surface area contributed by atoms with Crippen molar-refractivity contribution in [2.24, 2.45) is 0 Å². The van der Waals surface area contributed by atoms with E-state index in [1.54, 1.807) is 12.1 Å². The highest BCUT2D eigenvalue weighted by atomic mass is 35.5. The van der Waals surface area contributed by atoms with E-state index in [0.717, 1.165) is 16.0 Å². The van der Waals surface area contributed by atoms with Crippen LogP contribution >= 0.6 is 22.9 Å². The van der Waals surface area contributed by atoms with Gasteiger partial charge in [-0.05, 0) is 29.8 Å². The minimum atomic E-state index is -3.36. The predicted molar refractivity (Wildman–Crippen MR) is 124 cm³/mol. The van der Waals surface area contributed by atoms with Crippen molar-refractivity contribution in [2.45, 2.75) is 24.0 Å². The third-order valence-corrected chi connectivity index (χ3v) is 7.94. The Hall–Kier alpha value is -2.47. The molecule has 0 saturated carbocycles. The second kappa shape index (κ2) is 9.41. The SMILES string of the molecule is CS(=O)(=O)c1cccc(CNC(=O)CN2C(=O)C3CN(Cc4ccc(Cl)s4)CCN3C2=O)c1. The van der Waals surface area contributed by atoms with Crippen molar-refractivity contribution in [3.8, 4) is 0 Å². The lowest BCUT2D eigenvalue weighted by Gasteiger charge is -2.35. The molecule has 4 rings (SSSR count). The average Bonchev–Trinajstić information content (AvgIpc) is 3.28. The van der Waals surface area contributed by atoms with Crippen LogP contribution in [0.15, 0.2) is 41.3 Å². The number of thiophene rings is 1. The fourth-order valence-electron chi connectivity index (χ4n) is 3.94. The molecule has 33 heavy (non-hydrogen) atoms. The van der Waals surface area contributed by atoms with E-state index in [1.165, 1.54) is 28.4 Å². The molecule has 1 unspecified atom stereocenters. The number of fused-ring (bicyclic) bond motifs is 1. The Morgan fingerprint density at radius 2 is 2.00 bits per heavy atom. The largest absolute Gasteiger partial charge is 0.350 e. The average molecular weight is 511 g/mol. The Kier molecular flexibility index (Phi) is 6.76. The van der Waals surface area contributed by atoms with E-state index in [9.17, 15) is 22.8 Å². The minimum absolute atomic E-state index is 0.0860. The van der Waals surface area contributed by atoms with Crippen molar-refractivity contribution in [3.05, 3.63) is 51.2 Å². The van der Waals surface area contributed by atoms with Gasteiger partial charge in [-0.25, -0.2) is 13.2 Å². The number of hydrogen-bond acceptors (Lipinski definition) is 7. The topological polar surface area (TPSA) is 107 Å². The maximum absolute atomic E-state index is 12.9. The molecule has 2 saturated heterocycles. The zero-order valence-electron chi connectivity index (χ0n) is 17.9. The number of piperazine rings is 1. The Morgan fingerprint density at radius 3 is 2.70 bits per heavy atom. The first kappa shape index (κ1) is 23.7. The number of nitrogens with zero attached hydrogens (tertiary/aromatic N) is 3. The van der Waals surface area contributed by atoms with Crippen molar-refractivity contribution in [3.63, 3.8) is 0 Å². The number of imide groups is 1. The summed E-state index contributed by atoms with van der Waals surface area (Å²) in [6.07, 6.45) is 1.11. The van der Waals surface area contributed by atoms with E-state index < -0.39 is 27.8 Å². The van der Waals surface area contributed by atoms with E-state index in [1.807, 2.05) is 12.1 Å². The van der Waals surface area contributed by atoms with E-state index in [4.69, 9.17) is 11.6 Å². The standard InChI is InChI=1S/C21H23ClN4O5S2/c1-33(30,31)16-4-2-3-14(9-16)10-23-19(27)13-26-20(28)17-12-24(7-8-25(17)21(26)29)11-15-5-6-18(22)32-15/h2-6,9,17H,7-8,10-13H2,1H3,(H,23,27). The van der Waals surface area contributed by atoms with Crippen molar-refractivity contribution in [1.82, 2.24) is 20.0 Å². The molecule has 2 fully saturated rings. The van der Waals surface area contributed by atoms with Crippen LogP contribution in [-0.4, -0.2) is 79.4 Å². The van der Waals surface area contributed by atoms with Gasteiger partial charge in [-0.15, -0.1) is 11.3 Å². The molecule has 4 amide bonds. The van der Waals surface area contributed by atoms with Crippen molar-refractivity contribution < 1.29 is 22.8 Å². The number of carbonyl (C=O) groups is 3. The smallest absolute Gasteiger partial charge is 0.328 e. The van der Waals surface area contributed by atoms with Crippen LogP contribution in [0.2, 0.25) is 4.34 Å². The highest BCUT2D eigenvalue weighted by Gasteiger charge is 2.48. The number of sulfone groups is 1. The molecule has 3 heterocycles. The van der Waals surface area contributed by atoms with Gasteiger partial charge in [-0.2, -0.15) is 0 Å². The van der Waals surface area contributed by atoms with E-state index in [-0.39, 0.29) is 23.9 Å². The molecule has 1 N–H and O–H groups in total. The first-order valence-electron chi connectivity index (χ1n) is 10.3. The van der Waals surface area contributed by atoms with Gasteiger partial charge in [-0.3, -0.25) is 19.4 Å². The minimum Gasteiger partial charge on any atom is -0.350 e. The van der Waals surface area contributed by atoms with Gasteiger partial charge in [0.1, 0.15) is 12.6 Å². The molecule has 12 heteroatoms. The third-order valence-electron chi connectivity index (χ3n) is 5.62. The molecule has 176 valence electrons. The van der Waals surface area contributed by atoms with Gasteiger partial charge in [0.05, 0.1) is 9.23 Å². The number of carbonyl (C=O) groups excluding carboxylic acids is 3. The van der Waals surface area contributed by atoms with Gasteiger partial charge >= 0.3 is 6.03 Å². The van der Waals surface area contributed by atoms with E-state index in [0.29, 0.717) is 36.1 Å². The first-order chi connectivity index (χ1) is 15.6. The van der Waals surface area contributed by atoms with Crippen LogP contribution in [0.5, 0.6) is 0 Å². The van der Waals surface area contributed by atoms with Crippen molar-refractivity contribution >= 4 is 50.6 Å². The quantitative estimate of drug-likeness (QED) is 0.567. The molecule has 9 nitrogen and oxygen atoms in total. The zero-order chi connectivity index (χ0) is 23.8. The summed E-state index contributed by atoms with van der Waals surface area (Å²) in [7, 11) is -3.36. The van der Waals surface area contributed by atoms with E-state index >= 15 is 0 Å². The monoisotopic (exact) mass is 510 g/mol. The summed E-state index contributed by atoms with van der Waals surface area (Å²) in [4.78, 5) is 43.9. The summed E-state index contributed by atoms with van der Waals surface area (Å²) in [5.74, 6) is -0.880. The number of amides is 4. The molecular formula is C21H23ClN4O5S2. The molecule has 1 atom stereocenters. The van der Waals surface area contributed by atoms with Gasteiger partial charge in [0.15, 0.2) is 9.84 Å². The first-order valence-corrected chi connectivity index (χ1v) is 13.3. The maximum Gasteiger partial charge on any atom is 0.328 e. The van der Waals surface area contributed by atoms with Crippen molar-refractivity contribution in [2.75, 3.05) is 32.4 Å². The summed E-state index contributed by atoms with van der Waals surface area (Å²) >= 11 is 7.48. The van der Waals surface area contributed by atoms with Gasteiger partial charge in [0.25, 0.3) is 5.91 Å². The maximum atomic E-state index is 12.9. The Balaban J connectivity index is 1.34. The lowest BCUT2D eigenvalue weighted by Crippen LogP contribution is -2.52. The number of benzene rings is 1. The van der Waals surface area contributed by atoms with Crippen LogP contribution in [0.1, 0.15) is 10.4 Å². The van der Waals surface area contributed by atoms with Crippen LogP contribution in [0.4, 0.5) is 4.79 Å². The third kappa shape index (κ3) is 5.37.